The molecule has 2 rings (SSSR count). The monoisotopic (exact) mass is 442 g/mol. The predicted octanol–water partition coefficient (Wildman–Crippen LogP) is 7.41. The molecule has 31 heavy (non-hydrogen) atoms. The maximum Gasteiger partial charge on any atom is 0.411 e. The number of alkyl halides is 3. The lowest BCUT2D eigenvalue weighted by Crippen LogP contribution is -2.31. The van der Waals surface area contributed by atoms with Gasteiger partial charge in [-0.1, -0.05) is 64.0 Å². The van der Waals surface area contributed by atoms with Crippen molar-refractivity contribution in [3.05, 3.63) is 29.8 Å². The van der Waals surface area contributed by atoms with E-state index in [-0.39, 0.29) is 11.9 Å². The number of esters is 1. The molecule has 1 aromatic rings. The van der Waals surface area contributed by atoms with Crippen molar-refractivity contribution < 1.29 is 27.4 Å². The fourth-order valence-electron chi connectivity index (χ4n) is 4.06. The van der Waals surface area contributed by atoms with Crippen molar-refractivity contribution in [1.29, 1.82) is 0 Å². The van der Waals surface area contributed by atoms with Crippen LogP contribution in [0.15, 0.2) is 24.3 Å². The molecule has 0 unspecified atom stereocenters. The first kappa shape index (κ1) is 25.7. The van der Waals surface area contributed by atoms with E-state index >= 15 is 0 Å². The summed E-state index contributed by atoms with van der Waals surface area (Å²) in [6.45, 7) is 1.01. The summed E-state index contributed by atoms with van der Waals surface area (Å²) < 4.78 is 47.1. The van der Waals surface area contributed by atoms with Crippen molar-refractivity contribution in [2.75, 3.05) is 6.61 Å². The molecule has 6 heteroatoms. The second-order valence-corrected chi connectivity index (χ2v) is 8.69. The summed E-state index contributed by atoms with van der Waals surface area (Å²) in [5.41, 5.74) is 1.24. The lowest BCUT2D eigenvalue weighted by molar-refractivity contribution is -0.189. The van der Waals surface area contributed by atoms with E-state index in [4.69, 9.17) is 9.47 Å². The van der Waals surface area contributed by atoms with Gasteiger partial charge < -0.3 is 9.47 Å². The van der Waals surface area contributed by atoms with E-state index in [2.05, 4.69) is 6.92 Å². The highest BCUT2D eigenvalue weighted by atomic mass is 19.4. The second kappa shape index (κ2) is 13.8. The lowest BCUT2D eigenvalue weighted by atomic mass is 9.87. The Bertz CT molecular complexity index is 620. The van der Waals surface area contributed by atoms with Gasteiger partial charge in [-0.2, -0.15) is 13.2 Å². The molecule has 0 N–H and O–H groups in total. The lowest BCUT2D eigenvalue weighted by Gasteiger charge is -2.27. The Kier molecular flexibility index (Phi) is 11.4. The molecule has 0 amide bonds. The molecule has 1 saturated carbocycles. The quantitative estimate of drug-likeness (QED) is 0.181. The van der Waals surface area contributed by atoms with E-state index in [0.717, 1.165) is 6.42 Å². The first-order chi connectivity index (χ1) is 14.9. The molecule has 0 radical (unpaired) electrons. The van der Waals surface area contributed by atoms with Crippen molar-refractivity contribution in [3.8, 4) is 5.75 Å². The molecule has 1 aliphatic carbocycles. The number of unbranched alkanes of at least 4 members (excludes halogenated alkanes) is 7. The van der Waals surface area contributed by atoms with Gasteiger partial charge in [0.15, 0.2) is 0 Å². The van der Waals surface area contributed by atoms with Gasteiger partial charge in [-0.3, -0.25) is 4.79 Å². The SMILES string of the molecule is CCCCCCCCCCc1ccc(OC(=O)C2CCC(OCC(F)(F)F)CC2)cc1. The van der Waals surface area contributed by atoms with Crippen LogP contribution in [0.25, 0.3) is 0 Å². The van der Waals surface area contributed by atoms with Crippen LogP contribution in [-0.4, -0.2) is 24.9 Å². The van der Waals surface area contributed by atoms with E-state index < -0.39 is 18.9 Å². The summed E-state index contributed by atoms with van der Waals surface area (Å²) in [6, 6.07) is 7.67. The van der Waals surface area contributed by atoms with Crippen molar-refractivity contribution in [1.82, 2.24) is 0 Å². The van der Waals surface area contributed by atoms with Gasteiger partial charge in [0.05, 0.1) is 12.0 Å². The number of ether oxygens (including phenoxy) is 2. The molecule has 0 aromatic heterocycles. The van der Waals surface area contributed by atoms with Crippen molar-refractivity contribution in [2.24, 2.45) is 5.92 Å². The van der Waals surface area contributed by atoms with Crippen molar-refractivity contribution >= 4 is 5.97 Å². The highest BCUT2D eigenvalue weighted by molar-refractivity contribution is 5.75. The minimum absolute atomic E-state index is 0.275. The number of rotatable bonds is 13. The summed E-state index contributed by atoms with van der Waals surface area (Å²) in [5, 5.41) is 0. The van der Waals surface area contributed by atoms with Gasteiger partial charge in [-0.05, 0) is 56.2 Å². The van der Waals surface area contributed by atoms with E-state index in [1.807, 2.05) is 24.3 Å². The minimum Gasteiger partial charge on any atom is -0.426 e. The van der Waals surface area contributed by atoms with Gasteiger partial charge in [-0.25, -0.2) is 0 Å². The van der Waals surface area contributed by atoms with Crippen LogP contribution in [0, 0.1) is 5.92 Å². The Morgan fingerprint density at radius 3 is 2.06 bits per heavy atom. The van der Waals surface area contributed by atoms with Crippen LogP contribution in [0.5, 0.6) is 5.75 Å². The van der Waals surface area contributed by atoms with Crippen LogP contribution in [0.4, 0.5) is 13.2 Å². The van der Waals surface area contributed by atoms with Crippen LogP contribution in [0.2, 0.25) is 0 Å². The number of hydrogen-bond donors (Lipinski definition) is 0. The predicted molar refractivity (Wildman–Crippen MR) is 116 cm³/mol. The summed E-state index contributed by atoms with van der Waals surface area (Å²) in [5.74, 6) is -0.0482. The fraction of sp³-hybridized carbons (Fsp3) is 0.720. The molecule has 0 spiro atoms. The number of aryl methyl sites for hydroxylation is 1. The molecular formula is C25H37F3O3. The molecule has 0 aliphatic heterocycles. The molecule has 0 saturated heterocycles. The zero-order chi connectivity index (χ0) is 22.5. The normalized spacial score (nSPS) is 19.4. The van der Waals surface area contributed by atoms with E-state index in [0.29, 0.717) is 31.4 Å². The van der Waals surface area contributed by atoms with Crippen LogP contribution >= 0.6 is 0 Å². The first-order valence-corrected chi connectivity index (χ1v) is 11.9. The van der Waals surface area contributed by atoms with Crippen LogP contribution in [0.3, 0.4) is 0 Å². The first-order valence-electron chi connectivity index (χ1n) is 11.9. The van der Waals surface area contributed by atoms with E-state index in [9.17, 15) is 18.0 Å². The highest BCUT2D eigenvalue weighted by Crippen LogP contribution is 2.29. The molecule has 0 bridgehead atoms. The third kappa shape index (κ3) is 11.0. The molecule has 3 nitrogen and oxygen atoms in total. The van der Waals surface area contributed by atoms with Gasteiger partial charge in [-0.15, -0.1) is 0 Å². The van der Waals surface area contributed by atoms with Gasteiger partial charge >= 0.3 is 12.1 Å². The molecule has 1 aromatic carbocycles. The summed E-state index contributed by atoms with van der Waals surface area (Å²) in [4.78, 5) is 12.4. The topological polar surface area (TPSA) is 35.5 Å². The standard InChI is InChI=1S/C25H37F3O3/c1-2-3-4-5-6-7-8-9-10-20-11-15-23(16-12-20)31-24(29)21-13-17-22(18-14-21)30-19-25(26,27)28/h11-12,15-16,21-22H,2-10,13-14,17-19H2,1H3. The summed E-state index contributed by atoms with van der Waals surface area (Å²) >= 11 is 0. The zero-order valence-corrected chi connectivity index (χ0v) is 18.7. The second-order valence-electron chi connectivity index (χ2n) is 8.69. The third-order valence-electron chi connectivity index (χ3n) is 5.95. The minimum atomic E-state index is -4.31. The van der Waals surface area contributed by atoms with Gasteiger partial charge in [0.25, 0.3) is 0 Å². The highest BCUT2D eigenvalue weighted by Gasteiger charge is 2.32. The Morgan fingerprint density at radius 2 is 1.48 bits per heavy atom. The van der Waals surface area contributed by atoms with Gasteiger partial charge in [0.1, 0.15) is 12.4 Å². The molecule has 0 heterocycles. The summed E-state index contributed by atoms with van der Waals surface area (Å²) in [7, 11) is 0. The molecule has 1 fully saturated rings. The molecular weight excluding hydrogens is 405 g/mol. The molecule has 0 atom stereocenters. The van der Waals surface area contributed by atoms with Crippen molar-refractivity contribution in [3.63, 3.8) is 0 Å². The number of benzene rings is 1. The van der Waals surface area contributed by atoms with Gasteiger partial charge in [0.2, 0.25) is 0 Å². The number of carbonyl (C=O) groups is 1. The van der Waals surface area contributed by atoms with Crippen LogP contribution in [0.1, 0.15) is 89.5 Å². The maximum absolute atomic E-state index is 12.4. The number of carbonyl (C=O) groups excluding carboxylic acids is 1. The van der Waals surface area contributed by atoms with Crippen LogP contribution in [-0.2, 0) is 16.0 Å². The van der Waals surface area contributed by atoms with E-state index in [1.165, 1.54) is 56.9 Å². The largest absolute Gasteiger partial charge is 0.426 e. The van der Waals surface area contributed by atoms with Crippen molar-refractivity contribution in [2.45, 2.75) is 103 Å². The Hall–Kier alpha value is -1.56. The number of hydrogen-bond acceptors (Lipinski definition) is 3. The third-order valence-corrected chi connectivity index (χ3v) is 5.95. The fourth-order valence-corrected chi connectivity index (χ4v) is 4.06. The Balaban J connectivity index is 1.61. The Morgan fingerprint density at radius 1 is 0.903 bits per heavy atom. The molecule has 176 valence electrons. The average molecular weight is 443 g/mol. The van der Waals surface area contributed by atoms with E-state index in [1.54, 1.807) is 0 Å². The maximum atomic E-state index is 12.4. The van der Waals surface area contributed by atoms with Gasteiger partial charge in [0, 0.05) is 0 Å². The zero-order valence-electron chi connectivity index (χ0n) is 18.7. The Labute approximate surface area is 184 Å². The average Bonchev–Trinajstić information content (AvgIpc) is 2.75. The molecule has 1 aliphatic rings. The number of halogens is 3. The smallest absolute Gasteiger partial charge is 0.411 e. The van der Waals surface area contributed by atoms with Crippen LogP contribution < -0.4 is 4.74 Å². The summed E-state index contributed by atoms with van der Waals surface area (Å²) in [6.07, 6.45) is 8.55.